The number of hydrogen-bond donors (Lipinski definition) is 1. The molecule has 0 aromatic carbocycles. The van der Waals surface area contributed by atoms with Gasteiger partial charge in [0.25, 0.3) is 5.69 Å². The van der Waals surface area contributed by atoms with Gasteiger partial charge in [-0.15, -0.1) is 0 Å². The summed E-state index contributed by atoms with van der Waals surface area (Å²) in [4.78, 5) is 14.4. The number of aromatic nitrogens is 1. The second kappa shape index (κ2) is 6.44. The predicted octanol–water partition coefficient (Wildman–Crippen LogP) is 2.85. The second-order valence-corrected chi connectivity index (χ2v) is 4.87. The van der Waals surface area contributed by atoms with Crippen molar-refractivity contribution in [3.05, 3.63) is 27.9 Å². The van der Waals surface area contributed by atoms with Crippen molar-refractivity contribution in [2.24, 2.45) is 0 Å². The minimum Gasteiger partial charge on any atom is -0.368 e. The van der Waals surface area contributed by atoms with Gasteiger partial charge in [0.05, 0.1) is 4.92 Å². The van der Waals surface area contributed by atoms with E-state index < -0.39 is 4.92 Å². The average molecular weight is 255 g/mol. The Kier molecular flexibility index (Phi) is 5.21. The van der Waals surface area contributed by atoms with E-state index >= 15 is 0 Å². The van der Waals surface area contributed by atoms with Crippen molar-refractivity contribution in [3.8, 4) is 0 Å². The zero-order chi connectivity index (χ0) is 12.8. The fourth-order valence-corrected chi connectivity index (χ4v) is 2.04. The van der Waals surface area contributed by atoms with Crippen LogP contribution in [0.1, 0.15) is 19.0 Å². The number of nitrogens with zero attached hydrogens (tertiary/aromatic N) is 2. The lowest BCUT2D eigenvalue weighted by molar-refractivity contribution is -0.385. The van der Waals surface area contributed by atoms with Gasteiger partial charge in [0.15, 0.2) is 0 Å². The first kappa shape index (κ1) is 13.8. The Labute approximate surface area is 105 Å². The maximum Gasteiger partial charge on any atom is 0.290 e. The SMILES string of the molecule is CSCCC(C)Nc1ccc([N+](=O)[O-])c(C)n1. The minimum atomic E-state index is -0.413. The first-order valence-corrected chi connectivity index (χ1v) is 6.81. The lowest BCUT2D eigenvalue weighted by atomic mass is 10.2. The van der Waals surface area contributed by atoms with Crippen molar-refractivity contribution >= 4 is 23.3 Å². The van der Waals surface area contributed by atoms with E-state index in [0.717, 1.165) is 12.2 Å². The number of rotatable bonds is 6. The summed E-state index contributed by atoms with van der Waals surface area (Å²) in [6.45, 7) is 3.73. The van der Waals surface area contributed by atoms with Gasteiger partial charge < -0.3 is 5.32 Å². The smallest absolute Gasteiger partial charge is 0.290 e. The molecule has 1 aromatic heterocycles. The number of nitrogens with one attached hydrogen (secondary N) is 1. The number of hydrogen-bond acceptors (Lipinski definition) is 5. The molecule has 1 heterocycles. The molecule has 5 nitrogen and oxygen atoms in total. The molecular formula is C11H17N3O2S. The number of anilines is 1. The first-order chi connectivity index (χ1) is 8.04. The fourth-order valence-electron chi connectivity index (χ4n) is 1.45. The van der Waals surface area contributed by atoms with Gasteiger partial charge in [-0.25, -0.2) is 4.98 Å². The molecule has 17 heavy (non-hydrogen) atoms. The van der Waals surface area contributed by atoms with Crippen LogP contribution in [-0.4, -0.2) is 28.0 Å². The molecule has 0 fully saturated rings. The Morgan fingerprint density at radius 1 is 1.59 bits per heavy atom. The average Bonchev–Trinajstić information content (AvgIpc) is 2.26. The van der Waals surface area contributed by atoms with Crippen molar-refractivity contribution in [1.29, 1.82) is 0 Å². The molecular weight excluding hydrogens is 238 g/mol. The molecule has 0 saturated carbocycles. The van der Waals surface area contributed by atoms with Crippen LogP contribution in [0.3, 0.4) is 0 Å². The van der Waals surface area contributed by atoms with E-state index in [4.69, 9.17) is 0 Å². The summed E-state index contributed by atoms with van der Waals surface area (Å²) < 4.78 is 0. The monoisotopic (exact) mass is 255 g/mol. The van der Waals surface area contributed by atoms with Gasteiger partial charge in [-0.1, -0.05) is 0 Å². The van der Waals surface area contributed by atoms with Crippen LogP contribution >= 0.6 is 11.8 Å². The topological polar surface area (TPSA) is 68.1 Å². The third-order valence-electron chi connectivity index (χ3n) is 2.40. The molecule has 0 saturated heterocycles. The van der Waals surface area contributed by atoms with Crippen molar-refractivity contribution in [3.63, 3.8) is 0 Å². The van der Waals surface area contributed by atoms with Gasteiger partial charge in [0.2, 0.25) is 0 Å². The zero-order valence-corrected chi connectivity index (χ0v) is 11.1. The molecule has 0 aliphatic rings. The number of pyridine rings is 1. The Hall–Kier alpha value is -1.30. The molecule has 1 aromatic rings. The van der Waals surface area contributed by atoms with Crippen LogP contribution in [0.25, 0.3) is 0 Å². The highest BCUT2D eigenvalue weighted by atomic mass is 32.2. The second-order valence-electron chi connectivity index (χ2n) is 3.88. The normalized spacial score (nSPS) is 12.2. The molecule has 0 aliphatic heterocycles. The summed E-state index contributed by atoms with van der Waals surface area (Å²) >= 11 is 1.80. The summed E-state index contributed by atoms with van der Waals surface area (Å²) in [5.41, 5.74) is 0.504. The van der Waals surface area contributed by atoms with E-state index in [1.54, 1.807) is 24.8 Å². The van der Waals surface area contributed by atoms with E-state index in [1.165, 1.54) is 6.07 Å². The lowest BCUT2D eigenvalue weighted by Gasteiger charge is -2.13. The standard InChI is InChI=1S/C11H17N3O2S/c1-8(6-7-17-3)12-11-5-4-10(14(15)16)9(2)13-11/h4-5,8H,6-7H2,1-3H3,(H,12,13). The molecule has 0 amide bonds. The molecule has 0 bridgehead atoms. The molecule has 0 spiro atoms. The molecule has 0 aliphatic carbocycles. The third kappa shape index (κ3) is 4.22. The molecule has 0 radical (unpaired) electrons. The first-order valence-electron chi connectivity index (χ1n) is 5.42. The summed E-state index contributed by atoms with van der Waals surface area (Å²) in [5, 5.41) is 13.9. The van der Waals surface area contributed by atoms with Crippen molar-refractivity contribution < 1.29 is 4.92 Å². The van der Waals surface area contributed by atoms with E-state index in [9.17, 15) is 10.1 Å². The van der Waals surface area contributed by atoms with E-state index in [-0.39, 0.29) is 5.69 Å². The van der Waals surface area contributed by atoms with Crippen molar-refractivity contribution in [2.45, 2.75) is 26.3 Å². The van der Waals surface area contributed by atoms with Crippen LogP contribution in [0.15, 0.2) is 12.1 Å². The maximum atomic E-state index is 10.6. The highest BCUT2D eigenvalue weighted by Gasteiger charge is 2.12. The minimum absolute atomic E-state index is 0.0623. The van der Waals surface area contributed by atoms with Gasteiger partial charge in [-0.3, -0.25) is 10.1 Å². The van der Waals surface area contributed by atoms with Crippen LogP contribution in [0.4, 0.5) is 11.5 Å². The summed E-state index contributed by atoms with van der Waals surface area (Å²) in [6, 6.07) is 3.46. The highest BCUT2D eigenvalue weighted by Crippen LogP contribution is 2.18. The van der Waals surface area contributed by atoms with Crippen LogP contribution in [0, 0.1) is 17.0 Å². The third-order valence-corrected chi connectivity index (χ3v) is 3.05. The van der Waals surface area contributed by atoms with Gasteiger partial charge in [0.1, 0.15) is 11.5 Å². The molecule has 1 N–H and O–H groups in total. The Morgan fingerprint density at radius 2 is 2.29 bits per heavy atom. The number of aryl methyl sites for hydroxylation is 1. The zero-order valence-electron chi connectivity index (χ0n) is 10.3. The van der Waals surface area contributed by atoms with Gasteiger partial charge in [-0.2, -0.15) is 11.8 Å². The number of nitro groups is 1. The Balaban J connectivity index is 2.67. The van der Waals surface area contributed by atoms with Gasteiger partial charge >= 0.3 is 0 Å². The Morgan fingerprint density at radius 3 is 2.82 bits per heavy atom. The van der Waals surface area contributed by atoms with Crippen molar-refractivity contribution in [2.75, 3.05) is 17.3 Å². The van der Waals surface area contributed by atoms with Crippen LogP contribution in [0.2, 0.25) is 0 Å². The molecule has 94 valence electrons. The quantitative estimate of drug-likeness (QED) is 0.625. The molecule has 1 unspecified atom stereocenters. The molecule has 6 heteroatoms. The summed E-state index contributed by atoms with van der Waals surface area (Å²) in [6.07, 6.45) is 3.11. The summed E-state index contributed by atoms with van der Waals surface area (Å²) in [7, 11) is 0. The van der Waals surface area contributed by atoms with Crippen LogP contribution in [-0.2, 0) is 0 Å². The fraction of sp³-hybridized carbons (Fsp3) is 0.545. The van der Waals surface area contributed by atoms with E-state index in [0.29, 0.717) is 17.6 Å². The van der Waals surface area contributed by atoms with E-state index in [1.807, 2.05) is 0 Å². The lowest BCUT2D eigenvalue weighted by Crippen LogP contribution is -2.17. The van der Waals surface area contributed by atoms with Crippen molar-refractivity contribution in [1.82, 2.24) is 4.98 Å². The van der Waals surface area contributed by atoms with E-state index in [2.05, 4.69) is 23.5 Å². The molecule has 1 rings (SSSR count). The number of thioether (sulfide) groups is 1. The predicted molar refractivity (Wildman–Crippen MR) is 71.7 cm³/mol. The van der Waals surface area contributed by atoms with Gasteiger partial charge in [-0.05, 0) is 38.3 Å². The van der Waals surface area contributed by atoms with Crippen LogP contribution < -0.4 is 5.32 Å². The van der Waals surface area contributed by atoms with Gasteiger partial charge in [0, 0.05) is 12.1 Å². The highest BCUT2D eigenvalue weighted by molar-refractivity contribution is 7.98. The molecule has 1 atom stereocenters. The van der Waals surface area contributed by atoms with Crippen LogP contribution in [0.5, 0.6) is 0 Å². The Bertz CT molecular complexity index is 398. The summed E-state index contributed by atoms with van der Waals surface area (Å²) in [5.74, 6) is 1.78. The largest absolute Gasteiger partial charge is 0.368 e. The maximum absolute atomic E-state index is 10.6.